The minimum absolute atomic E-state index is 0.0530. The quantitative estimate of drug-likeness (QED) is 0.458. The van der Waals surface area contributed by atoms with Gasteiger partial charge in [0.15, 0.2) is 0 Å². The predicted octanol–water partition coefficient (Wildman–Crippen LogP) is 2.52. The molecule has 2 N–H and O–H groups in total. The summed E-state index contributed by atoms with van der Waals surface area (Å²) in [5.74, 6) is -1.20. The molecular weight excluding hydrogens is 565 g/mol. The number of halogens is 3. The van der Waals surface area contributed by atoms with Gasteiger partial charge in [-0.2, -0.15) is 0 Å². The monoisotopic (exact) mass is 596 g/mol. The van der Waals surface area contributed by atoms with Crippen LogP contribution in [0.5, 0.6) is 5.75 Å². The molecule has 0 unspecified atom stereocenters. The molecule has 2 aliphatic heterocycles. The van der Waals surface area contributed by atoms with E-state index in [0.29, 0.717) is 5.69 Å². The van der Waals surface area contributed by atoms with Crippen molar-refractivity contribution in [2.24, 2.45) is 4.99 Å². The number of amides is 2. The first-order valence-corrected chi connectivity index (χ1v) is 14.6. The van der Waals surface area contributed by atoms with Crippen LogP contribution in [-0.2, 0) is 26.0 Å². The molecule has 0 bridgehead atoms. The third-order valence-corrected chi connectivity index (χ3v) is 9.18. The van der Waals surface area contributed by atoms with Crippen LogP contribution < -0.4 is 15.0 Å². The summed E-state index contributed by atoms with van der Waals surface area (Å²) in [5, 5.41) is 11.9. The van der Waals surface area contributed by atoms with Crippen LogP contribution in [0.2, 0.25) is 0 Å². The standard InChI is InChI=1S/C27H31F3N4O6S/c1-18-20(5-4-8-23(18)34(14-15-35)19(2)36)9-16-41(38,39)33-12-10-26(11-13-33)25(37)31-24(32-26)21-6-3-7-22(17-21)40-27(28,29)30/h3-8,17,35H,9-16H2,1-2H3,(H,31,32,37). The SMILES string of the molecule is CC(=O)N(CCO)c1cccc(CCS(=O)(=O)N2CCC3(CC2)N=C(c2cccc(OC(F)(F)F)c2)NC3=O)c1C. The number of piperidine rings is 1. The van der Waals surface area contributed by atoms with E-state index < -0.39 is 33.6 Å². The lowest BCUT2D eigenvalue weighted by Crippen LogP contribution is -2.50. The highest BCUT2D eigenvalue weighted by molar-refractivity contribution is 7.89. The van der Waals surface area contributed by atoms with Gasteiger partial charge in [0.05, 0.1) is 12.4 Å². The smallest absolute Gasteiger partial charge is 0.406 e. The van der Waals surface area contributed by atoms with Crippen LogP contribution in [0.25, 0.3) is 0 Å². The Labute approximate surface area is 235 Å². The number of carbonyl (C=O) groups excluding carboxylic acids is 2. The van der Waals surface area contributed by atoms with Crippen LogP contribution in [-0.4, -0.2) is 79.4 Å². The molecule has 1 spiro atoms. The number of carbonyl (C=O) groups is 2. The fraction of sp³-hybridized carbons (Fsp3) is 0.444. The van der Waals surface area contributed by atoms with Gasteiger partial charge in [-0.1, -0.05) is 24.3 Å². The molecule has 0 aliphatic carbocycles. The number of aliphatic hydroxyl groups is 1. The second-order valence-electron chi connectivity index (χ2n) is 9.94. The maximum absolute atomic E-state index is 13.2. The van der Waals surface area contributed by atoms with Gasteiger partial charge >= 0.3 is 6.36 Å². The second kappa shape index (κ2) is 11.8. The van der Waals surface area contributed by atoms with Crippen molar-refractivity contribution in [1.29, 1.82) is 0 Å². The van der Waals surface area contributed by atoms with E-state index in [4.69, 9.17) is 0 Å². The molecule has 0 radical (unpaired) electrons. The van der Waals surface area contributed by atoms with Gasteiger partial charge in [0.25, 0.3) is 5.91 Å². The van der Waals surface area contributed by atoms with Crippen molar-refractivity contribution in [2.75, 3.05) is 36.9 Å². The lowest BCUT2D eigenvalue weighted by molar-refractivity contribution is -0.274. The van der Waals surface area contributed by atoms with E-state index in [0.717, 1.165) is 23.3 Å². The van der Waals surface area contributed by atoms with E-state index in [1.165, 1.54) is 28.3 Å². The molecule has 1 saturated heterocycles. The molecule has 0 saturated carbocycles. The summed E-state index contributed by atoms with van der Waals surface area (Å²) in [6.07, 6.45) is -4.43. The lowest BCUT2D eigenvalue weighted by atomic mass is 9.89. The van der Waals surface area contributed by atoms with E-state index in [9.17, 15) is 36.3 Å². The minimum Gasteiger partial charge on any atom is -0.406 e. The predicted molar refractivity (Wildman–Crippen MR) is 145 cm³/mol. The summed E-state index contributed by atoms with van der Waals surface area (Å²) in [6, 6.07) is 10.4. The molecule has 2 amide bonds. The Morgan fingerprint density at radius 1 is 1.20 bits per heavy atom. The summed E-state index contributed by atoms with van der Waals surface area (Å²) in [6.45, 7) is 3.21. The molecule has 222 valence electrons. The number of anilines is 1. The van der Waals surface area contributed by atoms with Crippen LogP contribution in [0, 0.1) is 6.92 Å². The van der Waals surface area contributed by atoms with Gasteiger partial charge in [0.1, 0.15) is 17.1 Å². The van der Waals surface area contributed by atoms with Gasteiger partial charge in [-0.15, -0.1) is 13.2 Å². The van der Waals surface area contributed by atoms with Crippen molar-refractivity contribution in [1.82, 2.24) is 9.62 Å². The Balaban J connectivity index is 1.43. The number of hydrogen-bond acceptors (Lipinski definition) is 7. The molecule has 1 fully saturated rings. The van der Waals surface area contributed by atoms with Crippen molar-refractivity contribution < 1.29 is 41.0 Å². The maximum Gasteiger partial charge on any atom is 0.573 e. The van der Waals surface area contributed by atoms with Gasteiger partial charge in [-0.25, -0.2) is 12.7 Å². The number of aryl methyl sites for hydroxylation is 1. The number of hydrogen-bond donors (Lipinski definition) is 2. The normalized spacial score (nSPS) is 17.3. The zero-order chi connectivity index (χ0) is 30.0. The highest BCUT2D eigenvalue weighted by atomic mass is 32.2. The van der Waals surface area contributed by atoms with Gasteiger partial charge in [-0.3, -0.25) is 14.6 Å². The molecule has 2 heterocycles. The summed E-state index contributed by atoms with van der Waals surface area (Å²) in [5.41, 5.74) is 1.14. The zero-order valence-corrected chi connectivity index (χ0v) is 23.4. The highest BCUT2D eigenvalue weighted by Gasteiger charge is 2.47. The third kappa shape index (κ3) is 6.88. The number of amidine groups is 1. The fourth-order valence-corrected chi connectivity index (χ4v) is 6.59. The summed E-state index contributed by atoms with van der Waals surface area (Å²) >= 11 is 0. The number of nitrogens with zero attached hydrogens (tertiary/aromatic N) is 3. The number of nitrogens with one attached hydrogen (secondary N) is 1. The Morgan fingerprint density at radius 2 is 1.88 bits per heavy atom. The van der Waals surface area contributed by atoms with Crippen molar-refractivity contribution >= 4 is 33.4 Å². The van der Waals surface area contributed by atoms with Crippen LogP contribution in [0.1, 0.15) is 36.5 Å². The van der Waals surface area contributed by atoms with Crippen LogP contribution in [0.15, 0.2) is 47.5 Å². The number of ether oxygens (including phenoxy) is 1. The molecule has 2 aromatic rings. The van der Waals surface area contributed by atoms with E-state index in [1.54, 1.807) is 25.1 Å². The van der Waals surface area contributed by atoms with E-state index in [2.05, 4.69) is 15.0 Å². The first-order chi connectivity index (χ1) is 19.2. The number of benzene rings is 2. The minimum atomic E-state index is -4.87. The molecule has 10 nitrogen and oxygen atoms in total. The Hall–Kier alpha value is -3.49. The molecular formula is C27H31F3N4O6S. The highest BCUT2D eigenvalue weighted by Crippen LogP contribution is 2.33. The Bertz CT molecular complexity index is 1450. The number of sulfonamides is 1. The van der Waals surface area contributed by atoms with Crippen LogP contribution in [0.3, 0.4) is 0 Å². The first-order valence-electron chi connectivity index (χ1n) is 13.0. The third-order valence-electron chi connectivity index (χ3n) is 7.31. The van der Waals surface area contributed by atoms with Crippen molar-refractivity contribution in [3.63, 3.8) is 0 Å². The average Bonchev–Trinajstić information content (AvgIpc) is 3.21. The largest absolute Gasteiger partial charge is 0.573 e. The van der Waals surface area contributed by atoms with Crippen LogP contribution in [0.4, 0.5) is 18.9 Å². The topological polar surface area (TPSA) is 129 Å². The van der Waals surface area contributed by atoms with E-state index in [1.807, 2.05) is 0 Å². The zero-order valence-electron chi connectivity index (χ0n) is 22.6. The second-order valence-corrected chi connectivity index (χ2v) is 12.0. The van der Waals surface area contributed by atoms with Crippen molar-refractivity contribution in [3.8, 4) is 5.75 Å². The molecule has 0 atom stereocenters. The Morgan fingerprint density at radius 3 is 2.51 bits per heavy atom. The molecule has 0 aromatic heterocycles. The fourth-order valence-electron chi connectivity index (χ4n) is 5.12. The van der Waals surface area contributed by atoms with Crippen LogP contribution >= 0.6 is 0 Å². The number of aliphatic imine (C=N–C) groups is 1. The molecule has 41 heavy (non-hydrogen) atoms. The lowest BCUT2D eigenvalue weighted by Gasteiger charge is -2.34. The maximum atomic E-state index is 13.2. The molecule has 14 heteroatoms. The van der Waals surface area contributed by atoms with Gasteiger partial charge in [0.2, 0.25) is 15.9 Å². The molecule has 2 aliphatic rings. The number of alkyl halides is 3. The van der Waals surface area contributed by atoms with Crippen molar-refractivity contribution in [2.45, 2.75) is 45.0 Å². The van der Waals surface area contributed by atoms with E-state index in [-0.39, 0.29) is 68.6 Å². The van der Waals surface area contributed by atoms with Crippen molar-refractivity contribution in [3.05, 3.63) is 59.2 Å². The average molecular weight is 597 g/mol. The van der Waals surface area contributed by atoms with E-state index >= 15 is 0 Å². The van der Waals surface area contributed by atoms with Gasteiger partial charge in [0, 0.05) is 37.8 Å². The molecule has 4 rings (SSSR count). The number of aliphatic hydroxyl groups excluding tert-OH is 1. The number of rotatable bonds is 9. The van der Waals surface area contributed by atoms with Gasteiger partial charge < -0.3 is 20.1 Å². The first kappa shape index (κ1) is 30.5. The van der Waals surface area contributed by atoms with Gasteiger partial charge in [-0.05, 0) is 55.5 Å². The Kier molecular flexibility index (Phi) is 8.76. The summed E-state index contributed by atoms with van der Waals surface area (Å²) in [7, 11) is -3.70. The summed E-state index contributed by atoms with van der Waals surface area (Å²) in [4.78, 5) is 30.9. The summed E-state index contributed by atoms with van der Waals surface area (Å²) < 4.78 is 69.5. The molecule has 2 aromatic carbocycles.